The van der Waals surface area contributed by atoms with Crippen molar-refractivity contribution in [1.82, 2.24) is 9.97 Å². The molecule has 1 unspecified atom stereocenters. The minimum absolute atomic E-state index is 0.0546. The lowest BCUT2D eigenvalue weighted by Gasteiger charge is -2.13. The number of aliphatic carboxylic acids is 1. The number of nitrogen functional groups attached to an aromatic ring is 2. The summed E-state index contributed by atoms with van der Waals surface area (Å²) >= 11 is 0. The number of ketones is 1. The average molecular weight is 507 g/mol. The fourth-order valence-electron chi connectivity index (χ4n) is 3.55. The first-order chi connectivity index (χ1) is 17.7. The third kappa shape index (κ3) is 5.99. The number of hydrogen-bond acceptors (Lipinski definition) is 10. The zero-order valence-corrected chi connectivity index (χ0v) is 20.7. The molecule has 3 rings (SSSR count). The van der Waals surface area contributed by atoms with Crippen molar-refractivity contribution in [2.45, 2.75) is 6.42 Å². The summed E-state index contributed by atoms with van der Waals surface area (Å²) in [7, 11) is 5.75. The van der Waals surface area contributed by atoms with Crippen LogP contribution in [0.2, 0.25) is 0 Å². The van der Waals surface area contributed by atoms with Crippen LogP contribution in [0.4, 0.5) is 11.8 Å². The Bertz CT molecular complexity index is 1400. The van der Waals surface area contributed by atoms with Gasteiger partial charge >= 0.3 is 5.97 Å². The summed E-state index contributed by atoms with van der Waals surface area (Å²) in [6, 6.07) is 7.78. The highest BCUT2D eigenvalue weighted by Crippen LogP contribution is 2.33. The van der Waals surface area contributed by atoms with Gasteiger partial charge in [0.25, 0.3) is 0 Å². The molecule has 0 aliphatic carbocycles. The number of ether oxygens (including phenoxy) is 4. The molecular formula is C26H26N4O7. The molecular weight excluding hydrogens is 480 g/mol. The van der Waals surface area contributed by atoms with Crippen LogP contribution in [0.1, 0.15) is 27.0 Å². The second kappa shape index (κ2) is 11.6. The van der Waals surface area contributed by atoms with Crippen molar-refractivity contribution in [1.29, 1.82) is 0 Å². The molecule has 192 valence electrons. The summed E-state index contributed by atoms with van der Waals surface area (Å²) in [4.78, 5) is 33.0. The van der Waals surface area contributed by atoms with E-state index in [1.807, 2.05) is 0 Å². The predicted octanol–water partition coefficient (Wildman–Crippen LogP) is 2.20. The van der Waals surface area contributed by atoms with Gasteiger partial charge in [-0.05, 0) is 35.9 Å². The molecule has 11 nitrogen and oxygen atoms in total. The summed E-state index contributed by atoms with van der Waals surface area (Å²) in [6.45, 7) is 0. The quantitative estimate of drug-likeness (QED) is 0.221. The molecule has 0 bridgehead atoms. The van der Waals surface area contributed by atoms with Crippen molar-refractivity contribution in [2.24, 2.45) is 5.92 Å². The molecule has 0 aliphatic rings. The lowest BCUT2D eigenvalue weighted by Crippen LogP contribution is -2.22. The number of Topliss-reactive ketones (excluding diaryl/α,β-unsaturated/α-hetero) is 1. The Morgan fingerprint density at radius 3 is 2.27 bits per heavy atom. The van der Waals surface area contributed by atoms with E-state index in [1.54, 1.807) is 12.1 Å². The minimum atomic E-state index is -1.65. The number of carbonyl (C=O) groups excluding carboxylic acids is 1. The van der Waals surface area contributed by atoms with E-state index in [1.165, 1.54) is 52.8 Å². The number of methoxy groups -OCH3 is 4. The van der Waals surface area contributed by atoms with E-state index in [2.05, 4.69) is 21.8 Å². The van der Waals surface area contributed by atoms with Crippen LogP contribution in [0.25, 0.3) is 0 Å². The van der Waals surface area contributed by atoms with Gasteiger partial charge in [0.15, 0.2) is 34.7 Å². The van der Waals surface area contributed by atoms with Gasteiger partial charge in [-0.15, -0.1) is 0 Å². The first-order valence-corrected chi connectivity index (χ1v) is 10.8. The molecule has 1 atom stereocenters. The zero-order chi connectivity index (χ0) is 27.1. The Labute approximate surface area is 213 Å². The molecule has 0 radical (unpaired) electrons. The van der Waals surface area contributed by atoms with Crippen LogP contribution >= 0.6 is 0 Å². The molecule has 5 N–H and O–H groups in total. The highest BCUT2D eigenvalue weighted by Gasteiger charge is 2.26. The Morgan fingerprint density at radius 2 is 1.68 bits per heavy atom. The Balaban J connectivity index is 2.03. The van der Waals surface area contributed by atoms with Crippen molar-refractivity contribution in [3.63, 3.8) is 0 Å². The molecule has 1 aromatic heterocycles. The second-order valence-corrected chi connectivity index (χ2v) is 7.67. The summed E-state index contributed by atoms with van der Waals surface area (Å²) in [5.41, 5.74) is 13.3. The molecule has 3 aromatic rings. The van der Waals surface area contributed by atoms with Crippen LogP contribution in [-0.4, -0.2) is 55.3 Å². The van der Waals surface area contributed by atoms with Crippen molar-refractivity contribution in [3.8, 4) is 34.8 Å². The highest BCUT2D eigenvalue weighted by atomic mass is 16.5. The number of rotatable bonds is 9. The number of anilines is 2. The normalized spacial score (nSPS) is 11.0. The number of nitrogens with two attached hydrogens (primary N) is 2. The zero-order valence-electron chi connectivity index (χ0n) is 20.7. The number of carboxylic acids is 1. The molecule has 1 heterocycles. The van der Waals surface area contributed by atoms with Gasteiger partial charge in [-0.2, -0.15) is 4.98 Å². The van der Waals surface area contributed by atoms with E-state index in [0.29, 0.717) is 34.6 Å². The average Bonchev–Trinajstić information content (AvgIpc) is 2.89. The summed E-state index contributed by atoms with van der Waals surface area (Å²) in [6.07, 6.45) is 1.83. The van der Waals surface area contributed by atoms with Crippen molar-refractivity contribution in [2.75, 3.05) is 39.9 Å². The molecule has 2 aromatic carbocycles. The topological polar surface area (TPSA) is 169 Å². The van der Waals surface area contributed by atoms with Crippen molar-refractivity contribution >= 4 is 23.5 Å². The third-order valence-electron chi connectivity index (χ3n) is 5.38. The van der Waals surface area contributed by atoms with Crippen LogP contribution in [0.15, 0.2) is 36.5 Å². The Kier molecular flexibility index (Phi) is 8.37. The second-order valence-electron chi connectivity index (χ2n) is 7.67. The maximum atomic E-state index is 13.1. The summed E-state index contributed by atoms with van der Waals surface area (Å²) < 4.78 is 21.3. The summed E-state index contributed by atoms with van der Waals surface area (Å²) in [5, 5.41) is 9.77. The van der Waals surface area contributed by atoms with Crippen LogP contribution in [0.5, 0.6) is 23.0 Å². The largest absolute Gasteiger partial charge is 0.493 e. The van der Waals surface area contributed by atoms with E-state index in [4.69, 9.17) is 30.4 Å². The van der Waals surface area contributed by atoms with Gasteiger partial charge < -0.3 is 35.5 Å². The smallest absolute Gasteiger partial charge is 0.326 e. The molecule has 0 saturated carbocycles. The Morgan fingerprint density at radius 1 is 0.973 bits per heavy atom. The van der Waals surface area contributed by atoms with Gasteiger partial charge in [0.2, 0.25) is 5.95 Å². The lowest BCUT2D eigenvalue weighted by atomic mass is 9.96. The third-order valence-corrected chi connectivity index (χ3v) is 5.38. The van der Waals surface area contributed by atoms with E-state index in [-0.39, 0.29) is 28.8 Å². The molecule has 0 amide bonds. The first kappa shape index (κ1) is 26.6. The Hall–Kier alpha value is -4.98. The highest BCUT2D eigenvalue weighted by molar-refractivity contribution is 6.10. The fourth-order valence-corrected chi connectivity index (χ4v) is 3.55. The monoisotopic (exact) mass is 506 g/mol. The van der Waals surface area contributed by atoms with Gasteiger partial charge in [-0.3, -0.25) is 9.59 Å². The van der Waals surface area contributed by atoms with Gasteiger partial charge in [-0.1, -0.05) is 11.8 Å². The standard InChI is InChI=1S/C26H26N4O7/c1-34-19-8-6-15(12-20(19)35-2)22(31)18(25(32)33)7-5-16-9-14(11-21(36-3)23(16)37-4)10-17-13-29-26(28)30-24(17)27/h6,8-9,11-13,18H,10H2,1-4H3,(H,32,33)(H4,27,28,29,30). The van der Waals surface area contributed by atoms with Crippen molar-refractivity contribution in [3.05, 3.63) is 58.8 Å². The molecule has 37 heavy (non-hydrogen) atoms. The van der Waals surface area contributed by atoms with Crippen molar-refractivity contribution < 1.29 is 33.6 Å². The minimum Gasteiger partial charge on any atom is -0.493 e. The van der Waals surface area contributed by atoms with Crippen LogP contribution < -0.4 is 30.4 Å². The van der Waals surface area contributed by atoms with Gasteiger partial charge in [0.1, 0.15) is 5.82 Å². The van der Waals surface area contributed by atoms with Crippen LogP contribution in [0.3, 0.4) is 0 Å². The predicted molar refractivity (Wildman–Crippen MR) is 135 cm³/mol. The van der Waals surface area contributed by atoms with Crippen LogP contribution in [0, 0.1) is 17.8 Å². The maximum absolute atomic E-state index is 13.1. The van der Waals surface area contributed by atoms with Crippen LogP contribution in [-0.2, 0) is 11.2 Å². The lowest BCUT2D eigenvalue weighted by molar-refractivity contribution is -0.138. The number of carboxylic acid groups (broad SMARTS) is 1. The van der Waals surface area contributed by atoms with Gasteiger partial charge in [0, 0.05) is 23.7 Å². The number of nitrogens with zero attached hydrogens (tertiary/aromatic N) is 2. The number of aromatic nitrogens is 2. The van der Waals surface area contributed by atoms with E-state index in [9.17, 15) is 14.7 Å². The molecule has 0 aliphatic heterocycles. The maximum Gasteiger partial charge on any atom is 0.326 e. The SMILES string of the molecule is COc1ccc(C(=O)C(C#Cc2cc(Cc3cnc(N)nc3N)cc(OC)c2OC)C(=O)O)cc1OC. The van der Waals surface area contributed by atoms with Gasteiger partial charge in [-0.25, -0.2) is 4.98 Å². The number of benzene rings is 2. The molecule has 0 saturated heterocycles. The first-order valence-electron chi connectivity index (χ1n) is 10.8. The molecule has 11 heteroatoms. The number of hydrogen-bond donors (Lipinski definition) is 3. The van der Waals surface area contributed by atoms with Gasteiger partial charge in [0.05, 0.1) is 34.0 Å². The fraction of sp³-hybridized carbons (Fsp3) is 0.231. The number of carbonyl (C=O) groups is 2. The molecule has 0 fully saturated rings. The van der Waals surface area contributed by atoms with E-state index < -0.39 is 17.7 Å². The summed E-state index contributed by atoms with van der Waals surface area (Å²) in [5.74, 6) is 3.18. The van der Waals surface area contributed by atoms with E-state index >= 15 is 0 Å². The molecule has 0 spiro atoms. The van der Waals surface area contributed by atoms with E-state index in [0.717, 1.165) is 0 Å².